The molecule has 1 aliphatic rings. The molecular weight excluding hydrogens is 330 g/mol. The fourth-order valence-corrected chi connectivity index (χ4v) is 2.96. The molecule has 1 amide bonds. The van der Waals surface area contributed by atoms with Crippen LogP contribution in [0.2, 0.25) is 0 Å². The Hall–Kier alpha value is -2.81. The van der Waals surface area contributed by atoms with Crippen LogP contribution in [0.25, 0.3) is 0 Å². The van der Waals surface area contributed by atoms with Gasteiger partial charge in [-0.2, -0.15) is 5.26 Å². The topological polar surface area (TPSA) is 82.4 Å². The lowest BCUT2D eigenvalue weighted by atomic mass is 9.96. The number of amides is 1. The van der Waals surface area contributed by atoms with Crippen LogP contribution < -0.4 is 5.32 Å². The zero-order valence-corrected chi connectivity index (χ0v) is 15.3. The standard InChI is InChI=1S/C20H25N3O3/c1-3-26-20(25)16-8-10-23(11-9-16)19(24)18(12-21)14-22-13-17-7-5-4-6-15(17)2/h4-7,14,16,22H,3,8-11,13H2,1-2H3/b18-14-. The minimum absolute atomic E-state index is 0.0770. The van der Waals surface area contributed by atoms with Crippen molar-refractivity contribution in [2.45, 2.75) is 33.2 Å². The van der Waals surface area contributed by atoms with Crippen LogP contribution in [0.4, 0.5) is 0 Å². The Morgan fingerprint density at radius 1 is 1.35 bits per heavy atom. The largest absolute Gasteiger partial charge is 0.466 e. The molecule has 0 bridgehead atoms. The zero-order chi connectivity index (χ0) is 18.9. The van der Waals surface area contributed by atoms with E-state index in [1.54, 1.807) is 11.8 Å². The Bertz CT molecular complexity index is 713. The number of nitriles is 1. The Balaban J connectivity index is 1.89. The van der Waals surface area contributed by atoms with Crippen LogP contribution in [0, 0.1) is 24.2 Å². The molecule has 1 fully saturated rings. The first-order valence-corrected chi connectivity index (χ1v) is 8.90. The number of hydrogen-bond acceptors (Lipinski definition) is 5. The lowest BCUT2D eigenvalue weighted by molar-refractivity contribution is -0.150. The van der Waals surface area contributed by atoms with Gasteiger partial charge in [-0.3, -0.25) is 9.59 Å². The molecule has 138 valence electrons. The number of ether oxygens (including phenoxy) is 1. The Morgan fingerprint density at radius 3 is 2.65 bits per heavy atom. The quantitative estimate of drug-likeness (QED) is 0.481. The van der Waals surface area contributed by atoms with Crippen LogP contribution in [0.15, 0.2) is 36.0 Å². The Morgan fingerprint density at radius 2 is 2.04 bits per heavy atom. The molecule has 0 saturated carbocycles. The first-order valence-electron chi connectivity index (χ1n) is 8.90. The second-order valence-corrected chi connectivity index (χ2v) is 6.30. The maximum Gasteiger partial charge on any atom is 0.309 e. The lowest BCUT2D eigenvalue weighted by Gasteiger charge is -2.30. The molecule has 1 heterocycles. The van der Waals surface area contributed by atoms with E-state index in [2.05, 4.69) is 5.32 Å². The molecule has 1 N–H and O–H groups in total. The summed E-state index contributed by atoms with van der Waals surface area (Å²) >= 11 is 0. The van der Waals surface area contributed by atoms with Crippen LogP contribution >= 0.6 is 0 Å². The maximum absolute atomic E-state index is 12.5. The molecule has 1 aromatic carbocycles. The van der Waals surface area contributed by atoms with Crippen molar-refractivity contribution in [3.63, 3.8) is 0 Å². The van der Waals surface area contributed by atoms with Crippen molar-refractivity contribution in [2.75, 3.05) is 19.7 Å². The third-order valence-corrected chi connectivity index (χ3v) is 4.55. The molecule has 0 aromatic heterocycles. The molecular formula is C20H25N3O3. The van der Waals surface area contributed by atoms with Gasteiger partial charge in [-0.15, -0.1) is 0 Å². The number of piperidine rings is 1. The fraction of sp³-hybridized carbons (Fsp3) is 0.450. The van der Waals surface area contributed by atoms with Crippen molar-refractivity contribution in [2.24, 2.45) is 5.92 Å². The molecule has 0 atom stereocenters. The third-order valence-electron chi connectivity index (χ3n) is 4.55. The molecule has 0 spiro atoms. The highest BCUT2D eigenvalue weighted by molar-refractivity contribution is 5.97. The molecule has 1 saturated heterocycles. The van der Waals surface area contributed by atoms with Crippen molar-refractivity contribution in [1.29, 1.82) is 5.26 Å². The van der Waals surface area contributed by atoms with E-state index in [-0.39, 0.29) is 23.4 Å². The summed E-state index contributed by atoms with van der Waals surface area (Å²) in [6, 6.07) is 9.92. The van der Waals surface area contributed by atoms with Gasteiger partial charge in [0.15, 0.2) is 0 Å². The van der Waals surface area contributed by atoms with Gasteiger partial charge in [0.25, 0.3) is 5.91 Å². The third kappa shape index (κ3) is 5.09. The van der Waals surface area contributed by atoms with Crippen molar-refractivity contribution in [3.05, 3.63) is 47.2 Å². The van der Waals surface area contributed by atoms with Crippen LogP contribution in [-0.2, 0) is 20.9 Å². The van der Waals surface area contributed by atoms with E-state index in [1.165, 1.54) is 6.20 Å². The first kappa shape index (κ1) is 19.5. The Labute approximate surface area is 154 Å². The number of likely N-dealkylation sites (tertiary alicyclic amines) is 1. The van der Waals surface area contributed by atoms with Gasteiger partial charge in [0, 0.05) is 25.8 Å². The van der Waals surface area contributed by atoms with E-state index >= 15 is 0 Å². The number of carbonyl (C=O) groups is 2. The predicted molar refractivity (Wildman–Crippen MR) is 97.7 cm³/mol. The number of carbonyl (C=O) groups excluding carboxylic acids is 2. The molecule has 0 radical (unpaired) electrons. The van der Waals surface area contributed by atoms with Gasteiger partial charge in [0.05, 0.1) is 12.5 Å². The first-order chi connectivity index (χ1) is 12.6. The van der Waals surface area contributed by atoms with E-state index in [0.717, 1.165) is 11.1 Å². The molecule has 0 unspecified atom stereocenters. The summed E-state index contributed by atoms with van der Waals surface area (Å²) in [5.74, 6) is -0.657. The van der Waals surface area contributed by atoms with Gasteiger partial charge in [0.1, 0.15) is 11.6 Å². The highest BCUT2D eigenvalue weighted by Crippen LogP contribution is 2.20. The highest BCUT2D eigenvalue weighted by atomic mass is 16.5. The molecule has 26 heavy (non-hydrogen) atoms. The van der Waals surface area contributed by atoms with E-state index in [4.69, 9.17) is 4.74 Å². The van der Waals surface area contributed by atoms with Gasteiger partial charge >= 0.3 is 5.97 Å². The van der Waals surface area contributed by atoms with Crippen molar-refractivity contribution in [3.8, 4) is 6.07 Å². The van der Waals surface area contributed by atoms with E-state index in [9.17, 15) is 14.9 Å². The van der Waals surface area contributed by atoms with Crippen molar-refractivity contribution >= 4 is 11.9 Å². The van der Waals surface area contributed by atoms with Crippen LogP contribution in [0.5, 0.6) is 0 Å². The molecule has 6 heteroatoms. The number of aryl methyl sites for hydroxylation is 1. The summed E-state index contributed by atoms with van der Waals surface area (Å²) in [5.41, 5.74) is 2.34. The monoisotopic (exact) mass is 355 g/mol. The summed E-state index contributed by atoms with van der Waals surface area (Å²) in [4.78, 5) is 25.9. The molecule has 0 aliphatic carbocycles. The SMILES string of the molecule is CCOC(=O)C1CCN(C(=O)/C(C#N)=C\NCc2ccccc2C)CC1. The minimum atomic E-state index is -0.299. The van der Waals surface area contributed by atoms with Gasteiger partial charge in [-0.1, -0.05) is 24.3 Å². The van der Waals surface area contributed by atoms with Crippen molar-refractivity contribution in [1.82, 2.24) is 10.2 Å². The average molecular weight is 355 g/mol. The van der Waals surface area contributed by atoms with Gasteiger partial charge in [-0.25, -0.2) is 0 Å². The summed E-state index contributed by atoms with van der Waals surface area (Å²) < 4.78 is 5.03. The summed E-state index contributed by atoms with van der Waals surface area (Å²) in [5, 5.41) is 12.4. The van der Waals surface area contributed by atoms with E-state index in [0.29, 0.717) is 39.1 Å². The summed E-state index contributed by atoms with van der Waals surface area (Å²) in [6.45, 7) is 5.63. The lowest BCUT2D eigenvalue weighted by Crippen LogP contribution is -2.41. The number of nitrogens with one attached hydrogen (secondary N) is 1. The summed E-state index contributed by atoms with van der Waals surface area (Å²) in [7, 11) is 0. The van der Waals surface area contributed by atoms with Crippen LogP contribution in [0.3, 0.4) is 0 Å². The van der Waals surface area contributed by atoms with Crippen LogP contribution in [0.1, 0.15) is 30.9 Å². The molecule has 6 nitrogen and oxygen atoms in total. The molecule has 2 rings (SSSR count). The Kier molecular flexibility index (Phi) is 7.22. The van der Waals surface area contributed by atoms with Crippen molar-refractivity contribution < 1.29 is 14.3 Å². The molecule has 1 aromatic rings. The van der Waals surface area contributed by atoms with E-state index < -0.39 is 0 Å². The van der Waals surface area contributed by atoms with E-state index in [1.807, 2.05) is 37.3 Å². The number of nitrogens with zero attached hydrogens (tertiary/aromatic N) is 2. The van der Waals surface area contributed by atoms with Gasteiger partial charge in [-0.05, 0) is 37.8 Å². The number of rotatable bonds is 6. The fourth-order valence-electron chi connectivity index (χ4n) is 2.96. The number of benzene rings is 1. The normalized spacial score (nSPS) is 15.3. The van der Waals surface area contributed by atoms with Gasteiger partial charge < -0.3 is 15.0 Å². The minimum Gasteiger partial charge on any atom is -0.466 e. The number of esters is 1. The molecule has 1 aliphatic heterocycles. The second kappa shape index (κ2) is 9.62. The van der Waals surface area contributed by atoms with Gasteiger partial charge in [0.2, 0.25) is 0 Å². The average Bonchev–Trinajstić information content (AvgIpc) is 2.66. The smallest absolute Gasteiger partial charge is 0.309 e. The van der Waals surface area contributed by atoms with Crippen LogP contribution in [-0.4, -0.2) is 36.5 Å². The predicted octanol–water partition coefficient (Wildman–Crippen LogP) is 2.29. The zero-order valence-electron chi connectivity index (χ0n) is 15.3. The number of hydrogen-bond donors (Lipinski definition) is 1. The highest BCUT2D eigenvalue weighted by Gasteiger charge is 2.29. The summed E-state index contributed by atoms with van der Waals surface area (Å²) in [6.07, 6.45) is 2.62. The second-order valence-electron chi connectivity index (χ2n) is 6.30. The maximum atomic E-state index is 12.5.